The summed E-state index contributed by atoms with van der Waals surface area (Å²) in [5.41, 5.74) is 0.858. The first-order valence-electron chi connectivity index (χ1n) is 9.48. The molecule has 5 nitrogen and oxygen atoms in total. The van der Waals surface area contributed by atoms with Crippen molar-refractivity contribution in [2.24, 2.45) is 0 Å². The minimum Gasteiger partial charge on any atom is -0.480 e. The van der Waals surface area contributed by atoms with Crippen molar-refractivity contribution >= 4 is 12.1 Å². The molecule has 0 saturated carbocycles. The Balaban J connectivity index is 2.22. The maximum atomic E-state index is 11.8. The molecule has 1 aromatic rings. The number of hydrogen-bond acceptors (Lipinski definition) is 3. The van der Waals surface area contributed by atoms with E-state index in [1.165, 1.54) is 32.1 Å². The summed E-state index contributed by atoms with van der Waals surface area (Å²) in [5, 5.41) is 11.7. The first kappa shape index (κ1) is 21.7. The van der Waals surface area contributed by atoms with Gasteiger partial charge in [-0.15, -0.1) is 0 Å². The number of carbonyl (C=O) groups is 2. The number of aliphatic carboxylic acids is 1. The third-order valence-corrected chi connectivity index (χ3v) is 4.07. The normalized spacial score (nSPS) is 12.0. The average Bonchev–Trinajstić information content (AvgIpc) is 2.64. The highest BCUT2D eigenvalue weighted by atomic mass is 16.5. The van der Waals surface area contributed by atoms with Crippen molar-refractivity contribution in [2.75, 3.05) is 0 Å². The Labute approximate surface area is 156 Å². The number of carboxylic acid groups (broad SMARTS) is 1. The van der Waals surface area contributed by atoms with E-state index >= 15 is 0 Å². The smallest absolute Gasteiger partial charge is 0.408 e. The van der Waals surface area contributed by atoms with E-state index < -0.39 is 18.1 Å². The van der Waals surface area contributed by atoms with Gasteiger partial charge < -0.3 is 15.2 Å². The molecule has 0 aliphatic carbocycles. The molecule has 26 heavy (non-hydrogen) atoms. The fourth-order valence-corrected chi connectivity index (χ4v) is 2.53. The van der Waals surface area contributed by atoms with Gasteiger partial charge in [0.25, 0.3) is 0 Å². The third-order valence-electron chi connectivity index (χ3n) is 4.07. The number of benzene rings is 1. The largest absolute Gasteiger partial charge is 0.480 e. The van der Waals surface area contributed by atoms with E-state index in [9.17, 15) is 14.7 Å². The summed E-state index contributed by atoms with van der Waals surface area (Å²) in [6.45, 7) is 2.32. The van der Waals surface area contributed by atoms with Crippen LogP contribution in [0.3, 0.4) is 0 Å². The number of nitrogens with one attached hydrogen (secondary N) is 1. The summed E-state index contributed by atoms with van der Waals surface area (Å²) in [6.07, 6.45) is 11.6. The molecular formula is C21H31NO4. The Morgan fingerprint density at radius 3 is 2.46 bits per heavy atom. The number of alkyl carbamates (subject to hydrolysis) is 1. The molecule has 0 saturated heterocycles. The van der Waals surface area contributed by atoms with Crippen molar-refractivity contribution in [1.29, 1.82) is 0 Å². The van der Waals surface area contributed by atoms with Crippen LogP contribution < -0.4 is 5.32 Å². The van der Waals surface area contributed by atoms with Crippen molar-refractivity contribution in [3.63, 3.8) is 0 Å². The molecule has 1 unspecified atom stereocenters. The molecule has 5 heteroatoms. The van der Waals surface area contributed by atoms with Gasteiger partial charge in [0.2, 0.25) is 0 Å². The Morgan fingerprint density at radius 1 is 1.08 bits per heavy atom. The summed E-state index contributed by atoms with van der Waals surface area (Å²) < 4.78 is 5.07. The van der Waals surface area contributed by atoms with Gasteiger partial charge in [0.1, 0.15) is 12.6 Å². The highest BCUT2D eigenvalue weighted by molar-refractivity contribution is 5.79. The molecule has 0 bridgehead atoms. The van der Waals surface area contributed by atoms with Crippen LogP contribution in [-0.2, 0) is 16.1 Å². The number of rotatable bonds is 13. The van der Waals surface area contributed by atoms with Crippen molar-refractivity contribution in [3.8, 4) is 0 Å². The fourth-order valence-electron chi connectivity index (χ4n) is 2.53. The monoisotopic (exact) mass is 361 g/mol. The molecule has 1 aromatic carbocycles. The minimum atomic E-state index is -1.05. The highest BCUT2D eigenvalue weighted by Gasteiger charge is 2.19. The summed E-state index contributed by atoms with van der Waals surface area (Å²) >= 11 is 0. The molecule has 0 aliphatic heterocycles. The van der Waals surface area contributed by atoms with Crippen LogP contribution in [0, 0.1) is 0 Å². The van der Waals surface area contributed by atoms with Crippen LogP contribution in [0.4, 0.5) is 4.79 Å². The van der Waals surface area contributed by atoms with Gasteiger partial charge in [-0.1, -0.05) is 75.1 Å². The Morgan fingerprint density at radius 2 is 1.77 bits per heavy atom. The average molecular weight is 361 g/mol. The standard InChI is InChI=1S/C21H31NO4/c1-2-3-4-5-6-7-8-9-13-16-19(20(23)24)22-21(25)26-17-18-14-11-10-12-15-18/h8-12,14-15,19H,2-7,13,16-17H2,1H3,(H,22,25)(H,23,24)/b9-8+. The zero-order chi connectivity index (χ0) is 19.0. The van der Waals surface area contributed by atoms with Crippen LogP contribution in [0.2, 0.25) is 0 Å². The van der Waals surface area contributed by atoms with Gasteiger partial charge in [0.15, 0.2) is 0 Å². The number of amides is 1. The topological polar surface area (TPSA) is 75.6 Å². The Hall–Kier alpha value is -2.30. The molecule has 0 heterocycles. The van der Waals surface area contributed by atoms with E-state index in [-0.39, 0.29) is 6.61 Å². The quantitative estimate of drug-likeness (QED) is 0.380. The number of unbranched alkanes of at least 4 members (excludes halogenated alkanes) is 5. The number of hydrogen-bond donors (Lipinski definition) is 2. The van der Waals surface area contributed by atoms with Crippen LogP contribution in [-0.4, -0.2) is 23.2 Å². The van der Waals surface area contributed by atoms with Crippen molar-refractivity contribution in [3.05, 3.63) is 48.0 Å². The number of ether oxygens (including phenoxy) is 1. The first-order chi connectivity index (χ1) is 12.6. The van der Waals surface area contributed by atoms with Gasteiger partial charge in [-0.05, 0) is 31.2 Å². The van der Waals surface area contributed by atoms with E-state index in [1.807, 2.05) is 36.4 Å². The van der Waals surface area contributed by atoms with E-state index in [4.69, 9.17) is 4.74 Å². The van der Waals surface area contributed by atoms with Crippen molar-refractivity contribution in [2.45, 2.75) is 70.9 Å². The second-order valence-corrected chi connectivity index (χ2v) is 6.35. The Bertz CT molecular complexity index is 542. The molecule has 0 spiro atoms. The first-order valence-corrected chi connectivity index (χ1v) is 9.48. The molecule has 144 valence electrons. The van der Waals surface area contributed by atoms with E-state index in [1.54, 1.807) is 0 Å². The lowest BCUT2D eigenvalue weighted by molar-refractivity contribution is -0.139. The van der Waals surface area contributed by atoms with Gasteiger partial charge in [-0.25, -0.2) is 9.59 Å². The van der Waals surface area contributed by atoms with Gasteiger partial charge in [-0.3, -0.25) is 0 Å². The number of carboxylic acids is 1. The second kappa shape index (κ2) is 13.9. The van der Waals surface area contributed by atoms with Gasteiger partial charge in [0.05, 0.1) is 0 Å². The van der Waals surface area contributed by atoms with Crippen LogP contribution in [0.5, 0.6) is 0 Å². The molecule has 0 aromatic heterocycles. The summed E-state index contributed by atoms with van der Waals surface area (Å²) in [7, 11) is 0. The van der Waals surface area contributed by atoms with Crippen LogP contribution in [0.25, 0.3) is 0 Å². The molecule has 0 fully saturated rings. The lowest BCUT2D eigenvalue weighted by atomic mass is 10.1. The zero-order valence-corrected chi connectivity index (χ0v) is 15.7. The van der Waals surface area contributed by atoms with E-state index in [0.29, 0.717) is 12.8 Å². The zero-order valence-electron chi connectivity index (χ0n) is 15.7. The predicted molar refractivity (Wildman–Crippen MR) is 103 cm³/mol. The summed E-state index contributed by atoms with van der Waals surface area (Å²) in [6, 6.07) is 8.33. The van der Waals surface area contributed by atoms with E-state index in [0.717, 1.165) is 12.0 Å². The number of allylic oxidation sites excluding steroid dienone is 2. The lowest BCUT2D eigenvalue weighted by Crippen LogP contribution is -2.40. The maximum Gasteiger partial charge on any atom is 0.408 e. The Kier molecular flexibility index (Phi) is 11.6. The summed E-state index contributed by atoms with van der Waals surface area (Å²) in [4.78, 5) is 23.1. The third kappa shape index (κ3) is 10.5. The molecule has 1 amide bonds. The molecule has 1 rings (SSSR count). The predicted octanol–water partition coefficient (Wildman–Crippen LogP) is 5.06. The molecule has 0 radical (unpaired) electrons. The van der Waals surface area contributed by atoms with Gasteiger partial charge in [0, 0.05) is 0 Å². The second-order valence-electron chi connectivity index (χ2n) is 6.35. The van der Waals surface area contributed by atoms with E-state index in [2.05, 4.69) is 18.3 Å². The SMILES string of the molecule is CCCCCCC/C=C/CCC(NC(=O)OCc1ccccc1)C(=O)O. The maximum absolute atomic E-state index is 11.8. The fraction of sp³-hybridized carbons (Fsp3) is 0.524. The molecule has 1 atom stereocenters. The molecular weight excluding hydrogens is 330 g/mol. The van der Waals surface area contributed by atoms with Crippen molar-refractivity contribution < 1.29 is 19.4 Å². The minimum absolute atomic E-state index is 0.122. The lowest BCUT2D eigenvalue weighted by Gasteiger charge is -2.13. The van der Waals surface area contributed by atoms with Gasteiger partial charge >= 0.3 is 12.1 Å². The number of carbonyl (C=O) groups excluding carboxylic acids is 1. The van der Waals surface area contributed by atoms with Gasteiger partial charge in [-0.2, -0.15) is 0 Å². The highest BCUT2D eigenvalue weighted by Crippen LogP contribution is 2.07. The molecule has 2 N–H and O–H groups in total. The van der Waals surface area contributed by atoms with Crippen molar-refractivity contribution in [1.82, 2.24) is 5.32 Å². The van der Waals surface area contributed by atoms with Crippen LogP contribution in [0.15, 0.2) is 42.5 Å². The summed E-state index contributed by atoms with van der Waals surface area (Å²) in [5.74, 6) is -1.05. The molecule has 0 aliphatic rings. The van der Waals surface area contributed by atoms with Crippen LogP contribution in [0.1, 0.15) is 63.9 Å². The van der Waals surface area contributed by atoms with Crippen LogP contribution >= 0.6 is 0 Å².